The number of nitrogens with one attached hydrogen (secondary N) is 2. The van der Waals surface area contributed by atoms with Crippen molar-refractivity contribution in [2.45, 2.75) is 49.8 Å². The van der Waals surface area contributed by atoms with Gasteiger partial charge in [0.2, 0.25) is 15.9 Å². The smallest absolute Gasteiger partial charge is 0.243 e. The van der Waals surface area contributed by atoms with Crippen LogP contribution in [0.5, 0.6) is 0 Å². The highest BCUT2D eigenvalue weighted by atomic mass is 32.2. The van der Waals surface area contributed by atoms with Crippen molar-refractivity contribution in [3.8, 4) is 0 Å². The van der Waals surface area contributed by atoms with Crippen LogP contribution in [0.4, 0.5) is 5.69 Å². The minimum atomic E-state index is -3.41. The molecular formula is C18H25N3O3S2. The Morgan fingerprint density at radius 2 is 1.69 bits per heavy atom. The van der Waals surface area contributed by atoms with Crippen molar-refractivity contribution in [2.24, 2.45) is 5.92 Å². The molecule has 1 saturated carbocycles. The molecule has 0 radical (unpaired) electrons. The molecule has 0 aromatic heterocycles. The third kappa shape index (κ3) is 4.81. The normalized spacial score (nSPS) is 18.8. The number of amides is 1. The van der Waals surface area contributed by atoms with Crippen LogP contribution in [0.3, 0.4) is 0 Å². The van der Waals surface area contributed by atoms with Crippen LogP contribution in [-0.2, 0) is 14.8 Å². The Hall–Kier alpha value is -1.51. The summed E-state index contributed by atoms with van der Waals surface area (Å²) >= 11 is 5.18. The molecule has 2 aliphatic rings. The molecule has 2 fully saturated rings. The third-order valence-electron chi connectivity index (χ3n) is 5.02. The van der Waals surface area contributed by atoms with Crippen molar-refractivity contribution in [3.63, 3.8) is 0 Å². The first kappa shape index (κ1) is 19.3. The van der Waals surface area contributed by atoms with Gasteiger partial charge in [-0.3, -0.25) is 4.79 Å². The van der Waals surface area contributed by atoms with Gasteiger partial charge in [-0.2, -0.15) is 4.31 Å². The number of thiocarbonyl (C=S) groups is 1. The largest absolute Gasteiger partial charge is 0.332 e. The van der Waals surface area contributed by atoms with Crippen LogP contribution in [0.1, 0.15) is 44.9 Å². The second kappa shape index (κ2) is 8.45. The van der Waals surface area contributed by atoms with Gasteiger partial charge in [0.05, 0.1) is 4.90 Å². The summed E-state index contributed by atoms with van der Waals surface area (Å²) in [7, 11) is -3.41. The van der Waals surface area contributed by atoms with Crippen molar-refractivity contribution in [1.29, 1.82) is 0 Å². The van der Waals surface area contributed by atoms with Gasteiger partial charge in [0.15, 0.2) is 5.11 Å². The average Bonchev–Trinajstić information content (AvgIpc) is 3.29. The van der Waals surface area contributed by atoms with Crippen LogP contribution >= 0.6 is 12.2 Å². The molecule has 0 bridgehead atoms. The first-order valence-corrected chi connectivity index (χ1v) is 11.0. The van der Waals surface area contributed by atoms with Gasteiger partial charge in [-0.25, -0.2) is 8.42 Å². The minimum absolute atomic E-state index is 0.0670. The molecule has 1 amide bonds. The Morgan fingerprint density at radius 3 is 2.31 bits per heavy atom. The molecule has 0 atom stereocenters. The van der Waals surface area contributed by atoms with E-state index in [1.165, 1.54) is 17.1 Å². The maximum atomic E-state index is 12.5. The molecule has 1 aromatic rings. The lowest BCUT2D eigenvalue weighted by Gasteiger charge is -2.16. The molecule has 1 aliphatic heterocycles. The van der Waals surface area contributed by atoms with Crippen molar-refractivity contribution in [2.75, 3.05) is 18.4 Å². The molecule has 26 heavy (non-hydrogen) atoms. The zero-order chi connectivity index (χ0) is 18.6. The molecule has 8 heteroatoms. The SMILES string of the molecule is O=C(CC1CCCC1)NC(=S)Nc1ccc(S(=O)(=O)N2CCCC2)cc1. The van der Waals surface area contributed by atoms with Gasteiger partial charge in [-0.15, -0.1) is 0 Å². The van der Waals surface area contributed by atoms with E-state index in [0.717, 1.165) is 25.7 Å². The molecule has 1 aromatic carbocycles. The first-order valence-electron chi connectivity index (χ1n) is 9.16. The summed E-state index contributed by atoms with van der Waals surface area (Å²) in [5.41, 5.74) is 0.650. The zero-order valence-corrected chi connectivity index (χ0v) is 16.4. The van der Waals surface area contributed by atoms with Crippen molar-refractivity contribution >= 4 is 38.9 Å². The lowest BCUT2D eigenvalue weighted by Crippen LogP contribution is -2.34. The molecule has 142 valence electrons. The van der Waals surface area contributed by atoms with E-state index in [1.807, 2.05) is 0 Å². The Balaban J connectivity index is 1.53. The van der Waals surface area contributed by atoms with Crippen LogP contribution in [0.2, 0.25) is 0 Å². The molecule has 6 nitrogen and oxygen atoms in total. The highest BCUT2D eigenvalue weighted by Gasteiger charge is 2.27. The van der Waals surface area contributed by atoms with E-state index >= 15 is 0 Å². The van der Waals surface area contributed by atoms with Gasteiger partial charge in [0, 0.05) is 25.2 Å². The maximum Gasteiger partial charge on any atom is 0.243 e. The van der Waals surface area contributed by atoms with Crippen molar-refractivity contribution in [3.05, 3.63) is 24.3 Å². The fraction of sp³-hybridized carbons (Fsp3) is 0.556. The van der Waals surface area contributed by atoms with E-state index in [-0.39, 0.29) is 15.9 Å². The second-order valence-electron chi connectivity index (χ2n) is 6.99. The van der Waals surface area contributed by atoms with E-state index in [4.69, 9.17) is 12.2 Å². The maximum absolute atomic E-state index is 12.5. The van der Waals surface area contributed by atoms with Crippen molar-refractivity contribution < 1.29 is 13.2 Å². The fourth-order valence-electron chi connectivity index (χ4n) is 3.60. The number of carbonyl (C=O) groups is 1. The number of rotatable bonds is 5. The number of benzene rings is 1. The zero-order valence-electron chi connectivity index (χ0n) is 14.7. The Labute approximate surface area is 160 Å². The van der Waals surface area contributed by atoms with E-state index in [1.54, 1.807) is 24.3 Å². The molecule has 1 aliphatic carbocycles. The summed E-state index contributed by atoms with van der Waals surface area (Å²) < 4.78 is 26.5. The summed E-state index contributed by atoms with van der Waals surface area (Å²) in [6.07, 6.45) is 6.96. The van der Waals surface area contributed by atoms with Gasteiger partial charge < -0.3 is 10.6 Å². The van der Waals surface area contributed by atoms with Gasteiger partial charge in [-0.1, -0.05) is 12.8 Å². The lowest BCUT2D eigenvalue weighted by atomic mass is 10.0. The number of sulfonamides is 1. The summed E-state index contributed by atoms with van der Waals surface area (Å²) in [6, 6.07) is 6.47. The van der Waals surface area contributed by atoms with Crippen molar-refractivity contribution in [1.82, 2.24) is 9.62 Å². The fourth-order valence-corrected chi connectivity index (χ4v) is 5.35. The summed E-state index contributed by atoms with van der Waals surface area (Å²) in [5.74, 6) is 0.399. The summed E-state index contributed by atoms with van der Waals surface area (Å²) in [5, 5.41) is 5.88. The van der Waals surface area contributed by atoms with E-state index in [9.17, 15) is 13.2 Å². The van der Waals surface area contributed by atoms with Gasteiger partial charge in [-0.05, 0) is 68.1 Å². The van der Waals surface area contributed by atoms with E-state index in [2.05, 4.69) is 10.6 Å². The highest BCUT2D eigenvalue weighted by molar-refractivity contribution is 7.89. The Morgan fingerprint density at radius 1 is 1.08 bits per heavy atom. The van der Waals surface area contributed by atoms with Crippen LogP contribution < -0.4 is 10.6 Å². The molecule has 1 heterocycles. The van der Waals surface area contributed by atoms with Crippen LogP contribution in [0.25, 0.3) is 0 Å². The van der Waals surface area contributed by atoms with Crippen LogP contribution in [-0.4, -0.2) is 36.8 Å². The predicted octanol–water partition coefficient (Wildman–Crippen LogP) is 2.86. The number of hydrogen-bond acceptors (Lipinski definition) is 4. The van der Waals surface area contributed by atoms with E-state index < -0.39 is 10.0 Å². The van der Waals surface area contributed by atoms with Gasteiger partial charge >= 0.3 is 0 Å². The summed E-state index contributed by atoms with van der Waals surface area (Å²) in [4.78, 5) is 12.3. The number of anilines is 1. The second-order valence-corrected chi connectivity index (χ2v) is 9.34. The van der Waals surface area contributed by atoms with Gasteiger partial charge in [0.25, 0.3) is 0 Å². The number of carbonyl (C=O) groups excluding carboxylic acids is 1. The topological polar surface area (TPSA) is 78.5 Å². The van der Waals surface area contributed by atoms with Crippen LogP contribution in [0.15, 0.2) is 29.2 Å². The standard InChI is InChI=1S/C18H25N3O3S2/c22-17(13-14-5-1-2-6-14)20-18(25)19-15-7-9-16(10-8-15)26(23,24)21-11-3-4-12-21/h7-10,14H,1-6,11-13H2,(H2,19,20,22,25). The Kier molecular flexibility index (Phi) is 6.26. The number of nitrogens with zero attached hydrogens (tertiary/aromatic N) is 1. The quantitative estimate of drug-likeness (QED) is 0.750. The predicted molar refractivity (Wildman–Crippen MR) is 105 cm³/mol. The molecule has 2 N–H and O–H groups in total. The minimum Gasteiger partial charge on any atom is -0.332 e. The highest BCUT2D eigenvalue weighted by Crippen LogP contribution is 2.27. The summed E-state index contributed by atoms with van der Waals surface area (Å²) in [6.45, 7) is 1.17. The lowest BCUT2D eigenvalue weighted by molar-refractivity contribution is -0.120. The third-order valence-corrected chi connectivity index (χ3v) is 7.13. The monoisotopic (exact) mass is 395 g/mol. The molecule has 3 rings (SSSR count). The molecular weight excluding hydrogens is 370 g/mol. The molecule has 1 saturated heterocycles. The van der Waals surface area contributed by atoms with E-state index in [0.29, 0.717) is 31.1 Å². The molecule has 0 spiro atoms. The first-order chi connectivity index (χ1) is 12.4. The number of hydrogen-bond donors (Lipinski definition) is 2. The Bertz CT molecular complexity index is 750. The molecule has 0 unspecified atom stereocenters. The van der Waals surface area contributed by atoms with Gasteiger partial charge in [0.1, 0.15) is 0 Å². The van der Waals surface area contributed by atoms with Crippen LogP contribution in [0, 0.1) is 5.92 Å². The average molecular weight is 396 g/mol.